The van der Waals surface area contributed by atoms with E-state index in [1.54, 1.807) is 25.5 Å². The molecule has 22 heavy (non-hydrogen) atoms. The van der Waals surface area contributed by atoms with E-state index in [0.717, 1.165) is 16.5 Å². The minimum Gasteiger partial charge on any atom is -0.320 e. The van der Waals surface area contributed by atoms with Crippen molar-refractivity contribution in [2.45, 2.75) is 6.92 Å². The summed E-state index contributed by atoms with van der Waals surface area (Å²) in [6, 6.07) is 10.6. The number of nitrogens with zero attached hydrogens (tertiary/aromatic N) is 2. The van der Waals surface area contributed by atoms with E-state index < -0.39 is 0 Å². The van der Waals surface area contributed by atoms with Crippen molar-refractivity contribution in [2.24, 2.45) is 7.05 Å². The second-order valence-electron chi connectivity index (χ2n) is 5.21. The van der Waals surface area contributed by atoms with Crippen LogP contribution in [0.3, 0.4) is 0 Å². The Morgan fingerprint density at radius 3 is 2.82 bits per heavy atom. The summed E-state index contributed by atoms with van der Waals surface area (Å²) in [7, 11) is 1.64. The number of amides is 1. The molecular formula is C17H15N3O2. The second kappa shape index (κ2) is 5.44. The monoisotopic (exact) mass is 293 g/mol. The van der Waals surface area contributed by atoms with Gasteiger partial charge in [0.25, 0.3) is 11.5 Å². The van der Waals surface area contributed by atoms with Crippen LogP contribution in [0, 0.1) is 6.92 Å². The third-order valence-corrected chi connectivity index (χ3v) is 3.46. The number of carbonyl (C=O) groups is 1. The average Bonchev–Trinajstić information content (AvgIpc) is 2.49. The van der Waals surface area contributed by atoms with Crippen LogP contribution in [-0.2, 0) is 7.05 Å². The Kier molecular flexibility index (Phi) is 3.47. The topological polar surface area (TPSA) is 64.0 Å². The summed E-state index contributed by atoms with van der Waals surface area (Å²) in [6.45, 7) is 1.96. The molecule has 5 heteroatoms. The van der Waals surface area contributed by atoms with Crippen molar-refractivity contribution in [3.8, 4) is 0 Å². The van der Waals surface area contributed by atoms with E-state index in [-0.39, 0.29) is 11.5 Å². The molecule has 3 rings (SSSR count). The highest BCUT2D eigenvalue weighted by molar-refractivity contribution is 6.08. The van der Waals surface area contributed by atoms with Crippen molar-refractivity contribution in [3.05, 3.63) is 70.3 Å². The van der Waals surface area contributed by atoms with Gasteiger partial charge in [-0.1, -0.05) is 6.07 Å². The first-order valence-electron chi connectivity index (χ1n) is 6.88. The van der Waals surface area contributed by atoms with Crippen molar-refractivity contribution in [1.29, 1.82) is 0 Å². The van der Waals surface area contributed by atoms with Gasteiger partial charge in [-0.15, -0.1) is 0 Å². The summed E-state index contributed by atoms with van der Waals surface area (Å²) in [5.74, 6) is -0.324. The summed E-state index contributed by atoms with van der Waals surface area (Å²) in [5.41, 5.74) is 2.50. The van der Waals surface area contributed by atoms with Crippen molar-refractivity contribution >= 4 is 22.5 Å². The van der Waals surface area contributed by atoms with Crippen LogP contribution in [0.1, 0.15) is 15.9 Å². The molecule has 3 aromatic rings. The van der Waals surface area contributed by atoms with E-state index in [0.29, 0.717) is 11.3 Å². The molecule has 0 atom stereocenters. The lowest BCUT2D eigenvalue weighted by atomic mass is 10.1. The van der Waals surface area contributed by atoms with E-state index in [2.05, 4.69) is 10.3 Å². The normalized spacial score (nSPS) is 10.6. The summed E-state index contributed by atoms with van der Waals surface area (Å²) in [4.78, 5) is 28.3. The van der Waals surface area contributed by atoms with Crippen molar-refractivity contribution < 1.29 is 4.79 Å². The molecule has 5 nitrogen and oxygen atoms in total. The van der Waals surface area contributed by atoms with Crippen LogP contribution in [0.2, 0.25) is 0 Å². The van der Waals surface area contributed by atoms with Crippen LogP contribution in [-0.4, -0.2) is 15.5 Å². The molecular weight excluding hydrogens is 278 g/mol. The van der Waals surface area contributed by atoms with E-state index in [1.807, 2.05) is 31.2 Å². The van der Waals surface area contributed by atoms with E-state index in [1.165, 1.54) is 10.6 Å². The first kappa shape index (κ1) is 14.0. The maximum atomic E-state index is 12.3. The molecule has 0 radical (unpaired) electrons. The fourth-order valence-electron chi connectivity index (χ4n) is 2.32. The highest BCUT2D eigenvalue weighted by atomic mass is 16.2. The molecule has 0 aliphatic carbocycles. The van der Waals surface area contributed by atoms with Gasteiger partial charge in [0.15, 0.2) is 0 Å². The number of aromatic nitrogens is 2. The minimum atomic E-state index is -0.324. The summed E-state index contributed by atoms with van der Waals surface area (Å²) in [6.07, 6.45) is 3.26. The lowest BCUT2D eigenvalue weighted by Crippen LogP contribution is -2.20. The Morgan fingerprint density at radius 2 is 2.05 bits per heavy atom. The summed E-state index contributed by atoms with van der Waals surface area (Å²) < 4.78 is 1.42. The van der Waals surface area contributed by atoms with Crippen LogP contribution < -0.4 is 10.9 Å². The van der Waals surface area contributed by atoms with Gasteiger partial charge in [0, 0.05) is 36.5 Å². The number of fused-ring (bicyclic) bond motifs is 1. The molecule has 1 amide bonds. The SMILES string of the molecule is Cc1cc(NC(=O)c2ccn(C)c(=O)c2)c2ncccc2c1. The van der Waals surface area contributed by atoms with Crippen LogP contribution in [0.5, 0.6) is 0 Å². The second-order valence-corrected chi connectivity index (χ2v) is 5.21. The van der Waals surface area contributed by atoms with Crippen molar-refractivity contribution in [1.82, 2.24) is 9.55 Å². The maximum absolute atomic E-state index is 12.3. The Labute approximate surface area is 127 Å². The number of nitrogens with one attached hydrogen (secondary N) is 1. The third-order valence-electron chi connectivity index (χ3n) is 3.46. The zero-order valence-corrected chi connectivity index (χ0v) is 12.3. The van der Waals surface area contributed by atoms with Crippen molar-refractivity contribution in [2.75, 3.05) is 5.32 Å². The molecule has 0 aliphatic heterocycles. The lowest BCUT2D eigenvalue weighted by Gasteiger charge is -2.09. The van der Waals surface area contributed by atoms with Gasteiger partial charge in [-0.2, -0.15) is 0 Å². The van der Waals surface area contributed by atoms with E-state index in [9.17, 15) is 9.59 Å². The molecule has 0 aliphatic rings. The fourth-order valence-corrected chi connectivity index (χ4v) is 2.32. The Hall–Kier alpha value is -2.95. The zero-order valence-electron chi connectivity index (χ0n) is 12.3. The number of hydrogen-bond donors (Lipinski definition) is 1. The molecule has 0 fully saturated rings. The maximum Gasteiger partial charge on any atom is 0.255 e. The number of carbonyl (C=O) groups excluding carboxylic acids is 1. The van der Waals surface area contributed by atoms with Gasteiger partial charge in [-0.3, -0.25) is 14.6 Å². The molecule has 2 aromatic heterocycles. The molecule has 0 bridgehead atoms. The zero-order chi connectivity index (χ0) is 15.7. The Balaban J connectivity index is 2.00. The quantitative estimate of drug-likeness (QED) is 0.789. The standard InChI is InChI=1S/C17H15N3O2/c1-11-8-12-4-3-6-18-16(12)14(9-11)19-17(22)13-5-7-20(2)15(21)10-13/h3-10H,1-2H3,(H,19,22). The summed E-state index contributed by atoms with van der Waals surface area (Å²) >= 11 is 0. The highest BCUT2D eigenvalue weighted by Crippen LogP contribution is 2.23. The lowest BCUT2D eigenvalue weighted by molar-refractivity contribution is 0.102. The molecule has 110 valence electrons. The van der Waals surface area contributed by atoms with Gasteiger partial charge in [0.05, 0.1) is 11.2 Å². The first-order valence-corrected chi connectivity index (χ1v) is 6.88. The molecule has 0 saturated heterocycles. The first-order chi connectivity index (χ1) is 10.5. The molecule has 1 N–H and O–H groups in total. The minimum absolute atomic E-state index is 0.222. The number of rotatable bonds is 2. The summed E-state index contributed by atoms with van der Waals surface area (Å²) in [5, 5.41) is 3.80. The van der Waals surface area contributed by atoms with Gasteiger partial charge < -0.3 is 9.88 Å². The number of pyridine rings is 2. The predicted molar refractivity (Wildman–Crippen MR) is 86.1 cm³/mol. The van der Waals surface area contributed by atoms with Gasteiger partial charge in [0.2, 0.25) is 0 Å². The number of aryl methyl sites for hydroxylation is 2. The number of anilines is 1. The van der Waals surface area contributed by atoms with E-state index >= 15 is 0 Å². The van der Waals surface area contributed by atoms with Crippen LogP contribution in [0.25, 0.3) is 10.9 Å². The van der Waals surface area contributed by atoms with Crippen LogP contribution in [0.4, 0.5) is 5.69 Å². The van der Waals surface area contributed by atoms with Gasteiger partial charge in [-0.05, 0) is 36.8 Å². The molecule has 0 saturated carbocycles. The largest absolute Gasteiger partial charge is 0.320 e. The Bertz CT molecular complexity index is 929. The van der Waals surface area contributed by atoms with Crippen molar-refractivity contribution in [3.63, 3.8) is 0 Å². The fraction of sp³-hybridized carbons (Fsp3) is 0.118. The van der Waals surface area contributed by atoms with Gasteiger partial charge >= 0.3 is 0 Å². The van der Waals surface area contributed by atoms with Gasteiger partial charge in [0.1, 0.15) is 0 Å². The Morgan fingerprint density at radius 1 is 1.23 bits per heavy atom. The molecule has 0 unspecified atom stereocenters. The predicted octanol–water partition coefficient (Wildman–Crippen LogP) is 2.49. The molecule has 2 heterocycles. The number of benzene rings is 1. The third kappa shape index (κ3) is 2.61. The smallest absolute Gasteiger partial charge is 0.255 e. The molecule has 1 aromatic carbocycles. The van der Waals surface area contributed by atoms with Gasteiger partial charge in [-0.25, -0.2) is 0 Å². The average molecular weight is 293 g/mol. The highest BCUT2D eigenvalue weighted by Gasteiger charge is 2.10. The van der Waals surface area contributed by atoms with E-state index in [4.69, 9.17) is 0 Å². The molecule has 0 spiro atoms. The number of hydrogen-bond acceptors (Lipinski definition) is 3. The van der Waals surface area contributed by atoms with Crippen LogP contribution >= 0.6 is 0 Å². The van der Waals surface area contributed by atoms with Crippen LogP contribution in [0.15, 0.2) is 53.6 Å².